The normalized spacial score (nSPS) is 10.4. The molecule has 0 aliphatic carbocycles. The van der Waals surface area contributed by atoms with Crippen LogP contribution in [0.4, 0.5) is 0 Å². The van der Waals surface area contributed by atoms with Crippen molar-refractivity contribution >= 4 is 21.8 Å². The van der Waals surface area contributed by atoms with Crippen molar-refractivity contribution in [1.82, 2.24) is 10.2 Å². The quantitative estimate of drug-likeness (QED) is 0.805. The van der Waals surface area contributed by atoms with Crippen molar-refractivity contribution in [3.05, 3.63) is 64.1 Å². The molecule has 0 bridgehead atoms. The SMILES string of the molecule is CNCCN(C)C(=O)c1ccccc1OCc1cccc(Br)c1. The van der Waals surface area contributed by atoms with Gasteiger partial charge < -0.3 is 15.0 Å². The molecule has 2 aromatic rings. The summed E-state index contributed by atoms with van der Waals surface area (Å²) in [5.74, 6) is 0.568. The van der Waals surface area contributed by atoms with Crippen molar-refractivity contribution in [3.8, 4) is 5.75 Å². The van der Waals surface area contributed by atoms with Crippen LogP contribution in [0.5, 0.6) is 5.75 Å². The number of carbonyl (C=O) groups excluding carboxylic acids is 1. The van der Waals surface area contributed by atoms with Crippen LogP contribution in [0, 0.1) is 0 Å². The summed E-state index contributed by atoms with van der Waals surface area (Å²) < 4.78 is 6.88. The number of rotatable bonds is 7. The number of ether oxygens (including phenoxy) is 1. The van der Waals surface area contributed by atoms with Crippen molar-refractivity contribution < 1.29 is 9.53 Å². The number of nitrogens with zero attached hydrogens (tertiary/aromatic N) is 1. The lowest BCUT2D eigenvalue weighted by Crippen LogP contribution is -2.33. The van der Waals surface area contributed by atoms with Gasteiger partial charge in [0, 0.05) is 24.6 Å². The van der Waals surface area contributed by atoms with E-state index in [1.54, 1.807) is 18.0 Å². The van der Waals surface area contributed by atoms with Crippen LogP contribution in [-0.4, -0.2) is 38.0 Å². The van der Waals surface area contributed by atoms with Gasteiger partial charge in [-0.15, -0.1) is 0 Å². The maximum Gasteiger partial charge on any atom is 0.257 e. The fourth-order valence-electron chi connectivity index (χ4n) is 2.14. The summed E-state index contributed by atoms with van der Waals surface area (Å²) in [6.07, 6.45) is 0. The molecule has 2 aromatic carbocycles. The first-order chi connectivity index (χ1) is 11.1. The molecule has 1 N–H and O–H groups in total. The molecule has 0 fully saturated rings. The molecule has 0 spiro atoms. The smallest absolute Gasteiger partial charge is 0.257 e. The Hall–Kier alpha value is -1.85. The zero-order chi connectivity index (χ0) is 16.7. The summed E-state index contributed by atoms with van der Waals surface area (Å²) in [5, 5.41) is 3.04. The minimum Gasteiger partial charge on any atom is -0.488 e. The van der Waals surface area contributed by atoms with E-state index in [9.17, 15) is 4.79 Å². The van der Waals surface area contributed by atoms with E-state index in [-0.39, 0.29) is 5.91 Å². The van der Waals surface area contributed by atoms with Gasteiger partial charge in [0.05, 0.1) is 5.56 Å². The van der Waals surface area contributed by atoms with E-state index in [0.29, 0.717) is 24.5 Å². The summed E-state index contributed by atoms with van der Waals surface area (Å²) in [6, 6.07) is 15.3. The van der Waals surface area contributed by atoms with Crippen molar-refractivity contribution in [2.75, 3.05) is 27.2 Å². The second-order valence-electron chi connectivity index (χ2n) is 5.25. The van der Waals surface area contributed by atoms with Crippen LogP contribution < -0.4 is 10.1 Å². The van der Waals surface area contributed by atoms with Gasteiger partial charge in [0.1, 0.15) is 12.4 Å². The number of hydrogen-bond acceptors (Lipinski definition) is 3. The molecule has 0 saturated carbocycles. The molecular weight excluding hydrogens is 356 g/mol. The Morgan fingerprint density at radius 3 is 2.74 bits per heavy atom. The van der Waals surface area contributed by atoms with Gasteiger partial charge in [-0.2, -0.15) is 0 Å². The number of para-hydroxylation sites is 1. The van der Waals surface area contributed by atoms with Crippen LogP contribution in [-0.2, 0) is 6.61 Å². The lowest BCUT2D eigenvalue weighted by atomic mass is 10.1. The van der Waals surface area contributed by atoms with Gasteiger partial charge in [0.15, 0.2) is 0 Å². The highest BCUT2D eigenvalue weighted by atomic mass is 79.9. The van der Waals surface area contributed by atoms with E-state index in [2.05, 4.69) is 21.2 Å². The van der Waals surface area contributed by atoms with E-state index in [1.165, 1.54) is 0 Å². The first-order valence-corrected chi connectivity index (χ1v) is 8.27. The highest BCUT2D eigenvalue weighted by Crippen LogP contribution is 2.21. The van der Waals surface area contributed by atoms with Crippen molar-refractivity contribution in [3.63, 3.8) is 0 Å². The maximum absolute atomic E-state index is 12.5. The molecular formula is C18H21BrN2O2. The summed E-state index contributed by atoms with van der Waals surface area (Å²) >= 11 is 3.45. The monoisotopic (exact) mass is 376 g/mol. The molecule has 0 aliphatic heterocycles. The molecule has 0 saturated heterocycles. The predicted molar refractivity (Wildman–Crippen MR) is 95.8 cm³/mol. The summed E-state index contributed by atoms with van der Waals surface area (Å²) in [7, 11) is 3.66. The maximum atomic E-state index is 12.5. The van der Waals surface area contributed by atoms with Crippen LogP contribution in [0.3, 0.4) is 0 Å². The van der Waals surface area contributed by atoms with Gasteiger partial charge in [-0.3, -0.25) is 4.79 Å². The van der Waals surface area contributed by atoms with E-state index >= 15 is 0 Å². The first kappa shape index (κ1) is 17.5. The third kappa shape index (κ3) is 5.08. The number of carbonyl (C=O) groups is 1. The molecule has 2 rings (SSSR count). The van der Waals surface area contributed by atoms with Gasteiger partial charge in [0.25, 0.3) is 5.91 Å². The molecule has 122 valence electrons. The van der Waals surface area contributed by atoms with E-state index in [1.807, 2.05) is 49.5 Å². The Labute approximate surface area is 145 Å². The van der Waals surface area contributed by atoms with Gasteiger partial charge in [-0.1, -0.05) is 40.2 Å². The average molecular weight is 377 g/mol. The first-order valence-electron chi connectivity index (χ1n) is 7.48. The summed E-state index contributed by atoms with van der Waals surface area (Å²) in [4.78, 5) is 14.2. The van der Waals surface area contributed by atoms with Crippen LogP contribution >= 0.6 is 15.9 Å². The lowest BCUT2D eigenvalue weighted by Gasteiger charge is -2.19. The third-order valence-corrected chi connectivity index (χ3v) is 3.94. The van der Waals surface area contributed by atoms with Crippen molar-refractivity contribution in [1.29, 1.82) is 0 Å². The summed E-state index contributed by atoms with van der Waals surface area (Å²) in [6.45, 7) is 1.82. The molecule has 0 aliphatic rings. The Bertz CT molecular complexity index is 661. The van der Waals surface area contributed by atoms with Gasteiger partial charge >= 0.3 is 0 Å². The number of halogens is 1. The van der Waals surface area contributed by atoms with Crippen LogP contribution in [0.2, 0.25) is 0 Å². The van der Waals surface area contributed by atoms with Crippen LogP contribution in [0.1, 0.15) is 15.9 Å². The minimum absolute atomic E-state index is 0.0370. The molecule has 0 unspecified atom stereocenters. The average Bonchev–Trinajstić information content (AvgIpc) is 2.57. The number of likely N-dealkylation sites (N-methyl/N-ethyl adjacent to an activating group) is 2. The topological polar surface area (TPSA) is 41.6 Å². The zero-order valence-electron chi connectivity index (χ0n) is 13.4. The fraction of sp³-hybridized carbons (Fsp3) is 0.278. The highest BCUT2D eigenvalue weighted by molar-refractivity contribution is 9.10. The fourth-order valence-corrected chi connectivity index (χ4v) is 2.59. The second-order valence-corrected chi connectivity index (χ2v) is 6.16. The number of amides is 1. The minimum atomic E-state index is -0.0370. The Balaban J connectivity index is 2.09. The summed E-state index contributed by atoms with van der Waals surface area (Å²) in [5.41, 5.74) is 1.63. The van der Waals surface area contributed by atoms with Crippen molar-refractivity contribution in [2.24, 2.45) is 0 Å². The standard InChI is InChI=1S/C18H21BrN2O2/c1-20-10-11-21(2)18(22)16-8-3-4-9-17(16)23-13-14-6-5-7-15(19)12-14/h3-9,12,20H,10-11,13H2,1-2H3. The predicted octanol–water partition coefficient (Wildman–Crippen LogP) is 3.32. The van der Waals surface area contributed by atoms with E-state index in [4.69, 9.17) is 4.74 Å². The number of benzene rings is 2. The Morgan fingerprint density at radius 2 is 2.00 bits per heavy atom. The molecule has 5 heteroatoms. The number of hydrogen-bond donors (Lipinski definition) is 1. The molecule has 0 radical (unpaired) electrons. The van der Waals surface area contributed by atoms with Crippen LogP contribution in [0.15, 0.2) is 53.0 Å². The van der Waals surface area contributed by atoms with E-state index in [0.717, 1.165) is 16.6 Å². The Kier molecular flexibility index (Phi) is 6.62. The molecule has 4 nitrogen and oxygen atoms in total. The largest absolute Gasteiger partial charge is 0.488 e. The third-order valence-electron chi connectivity index (χ3n) is 3.44. The number of nitrogens with one attached hydrogen (secondary N) is 1. The Morgan fingerprint density at radius 1 is 1.22 bits per heavy atom. The highest BCUT2D eigenvalue weighted by Gasteiger charge is 2.16. The molecule has 1 amide bonds. The van der Waals surface area contributed by atoms with Gasteiger partial charge in [-0.25, -0.2) is 0 Å². The molecule has 0 heterocycles. The zero-order valence-corrected chi connectivity index (χ0v) is 15.0. The van der Waals surface area contributed by atoms with Gasteiger partial charge in [-0.05, 0) is 36.9 Å². The molecule has 0 atom stereocenters. The lowest BCUT2D eigenvalue weighted by molar-refractivity contribution is 0.0792. The molecule has 23 heavy (non-hydrogen) atoms. The van der Waals surface area contributed by atoms with Crippen molar-refractivity contribution in [2.45, 2.75) is 6.61 Å². The van der Waals surface area contributed by atoms with E-state index < -0.39 is 0 Å². The molecule has 0 aromatic heterocycles. The second kappa shape index (κ2) is 8.70. The van der Waals surface area contributed by atoms with Gasteiger partial charge in [0.2, 0.25) is 0 Å². The van der Waals surface area contributed by atoms with Crippen LogP contribution in [0.25, 0.3) is 0 Å².